The number of hydrogen-bond acceptors (Lipinski definition) is 4. The van der Waals surface area contributed by atoms with Crippen LogP contribution >= 0.6 is 12.4 Å². The number of anilines is 1. The maximum Gasteiger partial charge on any atom is 0.157 e. The van der Waals surface area contributed by atoms with Crippen molar-refractivity contribution in [3.8, 4) is 6.07 Å². The third kappa shape index (κ3) is 1.92. The van der Waals surface area contributed by atoms with E-state index in [4.69, 9.17) is 9.72 Å². The molecule has 6 rings (SSSR count). The molecule has 2 bridgehead atoms. The van der Waals surface area contributed by atoms with Crippen LogP contribution < -0.4 is 4.90 Å². The van der Waals surface area contributed by atoms with E-state index in [2.05, 4.69) is 27.5 Å². The van der Waals surface area contributed by atoms with E-state index in [0.29, 0.717) is 12.1 Å². The first-order valence-electron chi connectivity index (χ1n) is 9.08. The predicted molar refractivity (Wildman–Crippen MR) is 102 cm³/mol. The second kappa shape index (κ2) is 5.60. The van der Waals surface area contributed by atoms with Crippen molar-refractivity contribution < 1.29 is 4.74 Å². The van der Waals surface area contributed by atoms with Gasteiger partial charge in [-0.15, -0.1) is 12.4 Å². The van der Waals surface area contributed by atoms with E-state index in [0.717, 1.165) is 61.1 Å². The van der Waals surface area contributed by atoms with Crippen molar-refractivity contribution in [1.82, 2.24) is 9.38 Å². The first kappa shape index (κ1) is 15.9. The van der Waals surface area contributed by atoms with Gasteiger partial charge in [-0.1, -0.05) is 12.1 Å². The van der Waals surface area contributed by atoms with Crippen LogP contribution in [0.3, 0.4) is 0 Å². The van der Waals surface area contributed by atoms with Crippen molar-refractivity contribution in [2.24, 2.45) is 0 Å². The average Bonchev–Trinajstić information content (AvgIpc) is 3.41. The van der Waals surface area contributed by atoms with Gasteiger partial charge in [-0.05, 0) is 48.9 Å². The summed E-state index contributed by atoms with van der Waals surface area (Å²) >= 11 is 0. The summed E-state index contributed by atoms with van der Waals surface area (Å²) < 4.78 is 8.08. The minimum atomic E-state index is 0. The van der Waals surface area contributed by atoms with Gasteiger partial charge in [0.15, 0.2) is 5.65 Å². The summed E-state index contributed by atoms with van der Waals surface area (Å²) in [6.07, 6.45) is 4.63. The van der Waals surface area contributed by atoms with Crippen LogP contribution in [0.5, 0.6) is 0 Å². The minimum absolute atomic E-state index is 0. The zero-order valence-electron chi connectivity index (χ0n) is 14.3. The van der Waals surface area contributed by atoms with E-state index in [-0.39, 0.29) is 12.4 Å². The Kier molecular flexibility index (Phi) is 3.43. The van der Waals surface area contributed by atoms with Gasteiger partial charge in [0.1, 0.15) is 11.9 Å². The van der Waals surface area contributed by atoms with E-state index in [1.54, 1.807) is 0 Å². The summed E-state index contributed by atoms with van der Waals surface area (Å²) in [4.78, 5) is 7.37. The Labute approximate surface area is 157 Å². The van der Waals surface area contributed by atoms with Crippen molar-refractivity contribution in [2.45, 2.75) is 37.8 Å². The summed E-state index contributed by atoms with van der Waals surface area (Å²) in [6, 6.07) is 11.1. The molecule has 0 amide bonds. The van der Waals surface area contributed by atoms with E-state index >= 15 is 0 Å². The van der Waals surface area contributed by atoms with Gasteiger partial charge in [0.25, 0.3) is 0 Å². The number of nitrogens with zero attached hydrogens (tertiary/aromatic N) is 4. The lowest BCUT2D eigenvalue weighted by molar-refractivity contribution is 0.0988. The Balaban J connectivity index is 0.00000150. The SMILES string of the molecule is Cl.N#Cc1c2c(c(N3C[C@@H]4C[C@H]3CO4)n3c1nc1ccccc13)CCC2. The first-order valence-corrected chi connectivity index (χ1v) is 9.08. The predicted octanol–water partition coefficient (Wildman–Crippen LogP) is 3.25. The van der Waals surface area contributed by atoms with Crippen molar-refractivity contribution in [3.63, 3.8) is 0 Å². The van der Waals surface area contributed by atoms with Crippen molar-refractivity contribution >= 4 is 34.9 Å². The highest BCUT2D eigenvalue weighted by Crippen LogP contribution is 2.42. The van der Waals surface area contributed by atoms with Crippen LogP contribution in [0.1, 0.15) is 29.5 Å². The van der Waals surface area contributed by atoms with Gasteiger partial charge in [0.05, 0.1) is 35.3 Å². The number of aromatic nitrogens is 2. The molecule has 2 saturated heterocycles. The fraction of sp³-hybridized carbons (Fsp3) is 0.400. The zero-order chi connectivity index (χ0) is 16.5. The fourth-order valence-corrected chi connectivity index (χ4v) is 5.02. The Hall–Kier alpha value is -2.29. The molecule has 2 atom stereocenters. The van der Waals surface area contributed by atoms with E-state index in [1.807, 2.05) is 12.1 Å². The summed E-state index contributed by atoms with van der Waals surface area (Å²) in [6.45, 7) is 1.76. The summed E-state index contributed by atoms with van der Waals surface area (Å²) in [5.41, 5.74) is 6.24. The maximum atomic E-state index is 9.85. The van der Waals surface area contributed by atoms with Gasteiger partial charge in [-0.3, -0.25) is 4.40 Å². The molecule has 2 fully saturated rings. The van der Waals surface area contributed by atoms with Gasteiger partial charge < -0.3 is 9.64 Å². The number of ether oxygens (including phenoxy) is 1. The summed E-state index contributed by atoms with van der Waals surface area (Å²) in [5.74, 6) is 1.27. The number of hydrogen-bond donors (Lipinski definition) is 0. The van der Waals surface area contributed by atoms with Crippen LogP contribution in [-0.4, -0.2) is 34.7 Å². The Morgan fingerprint density at radius 3 is 2.81 bits per heavy atom. The zero-order valence-corrected chi connectivity index (χ0v) is 15.1. The average molecular weight is 367 g/mol. The molecular weight excluding hydrogens is 348 g/mol. The van der Waals surface area contributed by atoms with Gasteiger partial charge >= 0.3 is 0 Å². The summed E-state index contributed by atoms with van der Waals surface area (Å²) in [5, 5.41) is 9.85. The molecular formula is C20H19ClN4O. The Morgan fingerprint density at radius 1 is 1.19 bits per heavy atom. The molecule has 26 heavy (non-hydrogen) atoms. The standard InChI is InChI=1S/C20H18N4O.ClH/c21-9-16-14-4-3-5-15(14)20(23-10-13-8-12(23)11-25-13)24-18-7-2-1-6-17(18)22-19(16)24;/h1-2,6-7,12-13H,3-5,8,10-11H2;1H/t12-,13-;/m0./s1. The third-order valence-electron chi connectivity index (χ3n) is 6.07. The molecule has 0 radical (unpaired) electrons. The molecule has 3 aliphatic rings. The largest absolute Gasteiger partial charge is 0.374 e. The minimum Gasteiger partial charge on any atom is -0.374 e. The van der Waals surface area contributed by atoms with Gasteiger partial charge in [-0.2, -0.15) is 5.26 Å². The van der Waals surface area contributed by atoms with E-state index in [1.165, 1.54) is 16.9 Å². The molecule has 2 aliphatic heterocycles. The number of morpholine rings is 1. The molecule has 3 aromatic rings. The number of nitriles is 1. The molecule has 0 unspecified atom stereocenters. The molecule has 2 aromatic heterocycles. The topological polar surface area (TPSA) is 53.6 Å². The van der Waals surface area contributed by atoms with E-state index in [9.17, 15) is 5.26 Å². The molecule has 0 N–H and O–H groups in total. The highest BCUT2D eigenvalue weighted by Gasteiger charge is 2.42. The fourth-order valence-electron chi connectivity index (χ4n) is 5.02. The van der Waals surface area contributed by atoms with E-state index < -0.39 is 0 Å². The van der Waals surface area contributed by atoms with Crippen LogP contribution in [0.2, 0.25) is 0 Å². The monoisotopic (exact) mass is 366 g/mol. The number of halogens is 1. The Bertz CT molecular complexity index is 1080. The highest BCUT2D eigenvalue weighted by atomic mass is 35.5. The lowest BCUT2D eigenvalue weighted by atomic mass is 10.0. The van der Waals surface area contributed by atoms with Crippen LogP contribution in [0.4, 0.5) is 5.82 Å². The van der Waals surface area contributed by atoms with Crippen LogP contribution in [0.15, 0.2) is 24.3 Å². The molecule has 0 spiro atoms. The van der Waals surface area contributed by atoms with Crippen molar-refractivity contribution in [1.29, 1.82) is 5.26 Å². The number of pyridine rings is 1. The molecule has 1 aliphatic carbocycles. The van der Waals surface area contributed by atoms with Gasteiger partial charge in [-0.25, -0.2) is 4.98 Å². The normalized spacial score (nSPS) is 23.4. The van der Waals surface area contributed by atoms with Crippen molar-refractivity contribution in [2.75, 3.05) is 18.1 Å². The lowest BCUT2D eigenvalue weighted by Gasteiger charge is -2.32. The third-order valence-corrected chi connectivity index (χ3v) is 6.07. The number of para-hydroxylation sites is 2. The maximum absolute atomic E-state index is 9.85. The molecule has 4 heterocycles. The molecule has 5 nitrogen and oxygen atoms in total. The molecule has 0 saturated carbocycles. The summed E-state index contributed by atoms with van der Waals surface area (Å²) in [7, 11) is 0. The Morgan fingerprint density at radius 2 is 2.04 bits per heavy atom. The van der Waals surface area contributed by atoms with Crippen LogP contribution in [0.25, 0.3) is 16.7 Å². The van der Waals surface area contributed by atoms with Crippen LogP contribution in [0, 0.1) is 11.3 Å². The van der Waals surface area contributed by atoms with Crippen molar-refractivity contribution in [3.05, 3.63) is 41.0 Å². The number of benzene rings is 1. The molecule has 1 aromatic carbocycles. The van der Waals surface area contributed by atoms with Gasteiger partial charge in [0, 0.05) is 6.54 Å². The number of fused-ring (bicyclic) bond motifs is 6. The second-order valence-electron chi connectivity index (χ2n) is 7.38. The molecule has 132 valence electrons. The number of imidazole rings is 1. The smallest absolute Gasteiger partial charge is 0.157 e. The van der Waals surface area contributed by atoms with Gasteiger partial charge in [0.2, 0.25) is 0 Å². The second-order valence-corrected chi connectivity index (χ2v) is 7.38. The first-order chi connectivity index (χ1) is 12.3. The highest BCUT2D eigenvalue weighted by molar-refractivity contribution is 5.87. The quantitative estimate of drug-likeness (QED) is 0.663. The van der Waals surface area contributed by atoms with Crippen LogP contribution in [-0.2, 0) is 17.6 Å². The lowest BCUT2D eigenvalue weighted by Crippen LogP contribution is -2.38. The number of rotatable bonds is 1. The molecule has 6 heteroatoms.